The number of aliphatic hydroxyl groups is 1. The number of carbonyl (C=O) groups is 1. The molecule has 1 atom stereocenters. The van der Waals surface area contributed by atoms with Crippen LogP contribution in [0.15, 0.2) is 30.3 Å². The second kappa shape index (κ2) is 7.41. The molecule has 0 aliphatic heterocycles. The van der Waals surface area contributed by atoms with Gasteiger partial charge in [-0.3, -0.25) is 9.69 Å². The number of rotatable bonds is 7. The van der Waals surface area contributed by atoms with Gasteiger partial charge in [0.25, 0.3) is 0 Å². The molecule has 4 heteroatoms. The number of hydrogen-bond acceptors (Lipinski definition) is 3. The molecule has 1 unspecified atom stereocenters. The summed E-state index contributed by atoms with van der Waals surface area (Å²) in [5.41, 5.74) is 0.280. The Balaban J connectivity index is 2.52. The smallest absolute Gasteiger partial charge is 0.237 e. The maximum atomic E-state index is 12.2. The molecule has 0 aromatic heterocycles. The SMILES string of the molecule is CCN(CC(C)(C)O)C(C)C(=O)NCc1ccccc1. The number of benzene rings is 1. The van der Waals surface area contributed by atoms with Crippen molar-refractivity contribution in [3.05, 3.63) is 35.9 Å². The van der Waals surface area contributed by atoms with Crippen molar-refractivity contribution < 1.29 is 9.90 Å². The van der Waals surface area contributed by atoms with E-state index in [1.54, 1.807) is 13.8 Å². The lowest BCUT2D eigenvalue weighted by atomic mass is 10.1. The molecule has 0 spiro atoms. The maximum absolute atomic E-state index is 12.2. The van der Waals surface area contributed by atoms with E-state index in [1.165, 1.54) is 0 Å². The summed E-state index contributed by atoms with van der Waals surface area (Å²) in [4.78, 5) is 14.1. The molecule has 20 heavy (non-hydrogen) atoms. The second-order valence-corrected chi connectivity index (χ2v) is 5.75. The average Bonchev–Trinajstić information content (AvgIpc) is 2.41. The molecule has 1 aromatic rings. The van der Waals surface area contributed by atoms with E-state index in [4.69, 9.17) is 0 Å². The van der Waals surface area contributed by atoms with Crippen molar-refractivity contribution in [2.45, 2.75) is 45.9 Å². The summed E-state index contributed by atoms with van der Waals surface area (Å²) in [5, 5.41) is 12.8. The van der Waals surface area contributed by atoms with Gasteiger partial charge in [-0.05, 0) is 32.9 Å². The molecule has 0 bridgehead atoms. The minimum absolute atomic E-state index is 0.0139. The Hall–Kier alpha value is -1.39. The van der Waals surface area contributed by atoms with Crippen molar-refractivity contribution in [1.29, 1.82) is 0 Å². The van der Waals surface area contributed by atoms with E-state index in [-0.39, 0.29) is 11.9 Å². The Kier molecular flexibility index (Phi) is 6.17. The van der Waals surface area contributed by atoms with Crippen molar-refractivity contribution in [2.24, 2.45) is 0 Å². The van der Waals surface area contributed by atoms with E-state index < -0.39 is 5.60 Å². The molecule has 0 saturated heterocycles. The Bertz CT molecular complexity index is 412. The van der Waals surface area contributed by atoms with Crippen LogP contribution in [0.4, 0.5) is 0 Å². The fourth-order valence-corrected chi connectivity index (χ4v) is 2.12. The second-order valence-electron chi connectivity index (χ2n) is 5.75. The summed E-state index contributed by atoms with van der Waals surface area (Å²) >= 11 is 0. The molecular weight excluding hydrogens is 252 g/mol. The molecule has 0 fully saturated rings. The predicted octanol–water partition coefficient (Wildman–Crippen LogP) is 1.78. The van der Waals surface area contributed by atoms with E-state index in [0.29, 0.717) is 13.1 Å². The first-order chi connectivity index (χ1) is 9.33. The standard InChI is InChI=1S/C16H26N2O2/c1-5-18(12-16(3,4)20)13(2)15(19)17-11-14-9-7-6-8-10-14/h6-10,13,20H,5,11-12H2,1-4H3,(H,17,19). The van der Waals surface area contributed by atoms with Gasteiger partial charge in [-0.15, -0.1) is 0 Å². The summed E-state index contributed by atoms with van der Waals surface area (Å²) in [6.07, 6.45) is 0. The maximum Gasteiger partial charge on any atom is 0.237 e. The Morgan fingerprint density at radius 3 is 2.45 bits per heavy atom. The van der Waals surface area contributed by atoms with Crippen LogP contribution in [0.25, 0.3) is 0 Å². The van der Waals surface area contributed by atoms with Crippen molar-refractivity contribution in [3.8, 4) is 0 Å². The molecule has 0 radical (unpaired) electrons. The Labute approximate surface area is 121 Å². The van der Waals surface area contributed by atoms with E-state index in [9.17, 15) is 9.90 Å². The minimum Gasteiger partial charge on any atom is -0.389 e. The first-order valence-corrected chi connectivity index (χ1v) is 7.11. The summed E-state index contributed by atoms with van der Waals surface area (Å²) in [6, 6.07) is 9.58. The molecule has 1 aromatic carbocycles. The zero-order valence-electron chi connectivity index (χ0n) is 12.9. The lowest BCUT2D eigenvalue weighted by Crippen LogP contribution is -2.49. The van der Waals surface area contributed by atoms with Gasteiger partial charge in [0.1, 0.15) is 0 Å². The third-order valence-electron chi connectivity index (χ3n) is 3.23. The molecule has 0 aliphatic rings. The van der Waals surface area contributed by atoms with Gasteiger partial charge in [0.2, 0.25) is 5.91 Å². The lowest BCUT2D eigenvalue weighted by molar-refractivity contribution is -0.127. The fourth-order valence-electron chi connectivity index (χ4n) is 2.12. The highest BCUT2D eigenvalue weighted by Gasteiger charge is 2.25. The largest absolute Gasteiger partial charge is 0.389 e. The van der Waals surface area contributed by atoms with E-state index >= 15 is 0 Å². The highest BCUT2D eigenvalue weighted by Crippen LogP contribution is 2.09. The zero-order chi connectivity index (χ0) is 15.2. The van der Waals surface area contributed by atoms with Crippen molar-refractivity contribution in [3.63, 3.8) is 0 Å². The average molecular weight is 278 g/mol. The zero-order valence-corrected chi connectivity index (χ0v) is 12.9. The highest BCUT2D eigenvalue weighted by molar-refractivity contribution is 5.81. The number of likely N-dealkylation sites (N-methyl/N-ethyl adjacent to an activating group) is 1. The summed E-state index contributed by atoms with van der Waals surface area (Å²) < 4.78 is 0. The first kappa shape index (κ1) is 16.7. The molecular formula is C16H26N2O2. The van der Waals surface area contributed by atoms with Gasteiger partial charge < -0.3 is 10.4 Å². The molecule has 0 saturated carbocycles. The van der Waals surface area contributed by atoms with Crippen LogP contribution in [0.5, 0.6) is 0 Å². The number of carbonyl (C=O) groups excluding carboxylic acids is 1. The van der Waals surface area contributed by atoms with Gasteiger partial charge in [-0.1, -0.05) is 37.3 Å². The van der Waals surface area contributed by atoms with Crippen LogP contribution < -0.4 is 5.32 Å². The normalized spacial score (nSPS) is 13.3. The van der Waals surface area contributed by atoms with E-state index in [2.05, 4.69) is 5.32 Å². The topological polar surface area (TPSA) is 52.6 Å². The molecule has 2 N–H and O–H groups in total. The third kappa shape index (κ3) is 5.72. The number of amides is 1. The Morgan fingerprint density at radius 2 is 1.95 bits per heavy atom. The molecule has 1 rings (SSSR count). The van der Waals surface area contributed by atoms with Gasteiger partial charge in [0.15, 0.2) is 0 Å². The van der Waals surface area contributed by atoms with E-state index in [1.807, 2.05) is 49.1 Å². The van der Waals surface area contributed by atoms with Gasteiger partial charge in [0, 0.05) is 13.1 Å². The fraction of sp³-hybridized carbons (Fsp3) is 0.562. The van der Waals surface area contributed by atoms with Crippen LogP contribution in [0.2, 0.25) is 0 Å². The van der Waals surface area contributed by atoms with Crippen molar-refractivity contribution in [2.75, 3.05) is 13.1 Å². The highest BCUT2D eigenvalue weighted by atomic mass is 16.3. The number of hydrogen-bond donors (Lipinski definition) is 2. The monoisotopic (exact) mass is 278 g/mol. The molecule has 0 aliphatic carbocycles. The van der Waals surface area contributed by atoms with Crippen LogP contribution in [0.1, 0.15) is 33.3 Å². The van der Waals surface area contributed by atoms with Gasteiger partial charge in [0.05, 0.1) is 11.6 Å². The van der Waals surface area contributed by atoms with Crippen LogP contribution in [0.3, 0.4) is 0 Å². The van der Waals surface area contributed by atoms with E-state index in [0.717, 1.165) is 12.1 Å². The van der Waals surface area contributed by atoms with Gasteiger partial charge >= 0.3 is 0 Å². The molecule has 1 amide bonds. The first-order valence-electron chi connectivity index (χ1n) is 7.11. The number of nitrogens with zero attached hydrogens (tertiary/aromatic N) is 1. The van der Waals surface area contributed by atoms with Crippen LogP contribution >= 0.6 is 0 Å². The minimum atomic E-state index is -0.802. The van der Waals surface area contributed by atoms with Crippen LogP contribution in [0, 0.1) is 0 Å². The third-order valence-corrected chi connectivity index (χ3v) is 3.23. The van der Waals surface area contributed by atoms with Crippen LogP contribution in [-0.2, 0) is 11.3 Å². The van der Waals surface area contributed by atoms with Gasteiger partial charge in [-0.25, -0.2) is 0 Å². The Morgan fingerprint density at radius 1 is 1.35 bits per heavy atom. The van der Waals surface area contributed by atoms with Crippen LogP contribution in [-0.4, -0.2) is 40.6 Å². The molecule has 0 heterocycles. The summed E-state index contributed by atoms with van der Waals surface area (Å²) in [6.45, 7) is 9.11. The van der Waals surface area contributed by atoms with Gasteiger partial charge in [-0.2, -0.15) is 0 Å². The predicted molar refractivity (Wildman–Crippen MR) is 81.3 cm³/mol. The summed E-state index contributed by atoms with van der Waals surface area (Å²) in [7, 11) is 0. The van der Waals surface area contributed by atoms with Crippen molar-refractivity contribution in [1.82, 2.24) is 10.2 Å². The van der Waals surface area contributed by atoms with Crippen molar-refractivity contribution >= 4 is 5.91 Å². The quantitative estimate of drug-likeness (QED) is 0.799. The summed E-state index contributed by atoms with van der Waals surface area (Å²) in [5.74, 6) is -0.0139. The molecule has 112 valence electrons. The number of nitrogens with one attached hydrogen (secondary N) is 1. The molecule has 4 nitrogen and oxygen atoms in total. The lowest BCUT2D eigenvalue weighted by Gasteiger charge is -2.32.